The van der Waals surface area contributed by atoms with Crippen LogP contribution in [0.5, 0.6) is 0 Å². The highest BCUT2D eigenvalue weighted by Gasteiger charge is 2.09. The Kier molecular flexibility index (Phi) is 5.10. The molecule has 2 N–H and O–H groups in total. The Morgan fingerprint density at radius 1 is 1.33 bits per heavy atom. The molecule has 0 unspecified atom stereocenters. The Bertz CT molecular complexity index is 420. The zero-order valence-electron chi connectivity index (χ0n) is 10.0. The van der Waals surface area contributed by atoms with Crippen LogP contribution in [0.25, 0.3) is 0 Å². The molecule has 98 valence electrons. The van der Waals surface area contributed by atoms with E-state index in [0.717, 1.165) is 0 Å². The molecule has 2 amide bonds. The predicted octanol–water partition coefficient (Wildman–Crippen LogP) is 2.15. The van der Waals surface area contributed by atoms with Crippen molar-refractivity contribution in [3.05, 3.63) is 30.1 Å². The van der Waals surface area contributed by atoms with Gasteiger partial charge in [0, 0.05) is 25.7 Å². The topological polar surface area (TPSA) is 69.6 Å². The Balaban J connectivity index is 2.39. The first kappa shape index (κ1) is 14.0. The van der Waals surface area contributed by atoms with Crippen LogP contribution in [0.1, 0.15) is 12.8 Å². The third kappa shape index (κ3) is 4.82. The second-order valence-electron chi connectivity index (χ2n) is 3.86. The quantitative estimate of drug-likeness (QED) is 0.845. The highest BCUT2D eigenvalue weighted by Crippen LogP contribution is 2.09. The number of benzene rings is 1. The van der Waals surface area contributed by atoms with Gasteiger partial charge in [-0.3, -0.25) is 4.79 Å². The van der Waals surface area contributed by atoms with Gasteiger partial charge in [0.05, 0.1) is 0 Å². The first-order chi connectivity index (χ1) is 8.49. The Hall–Kier alpha value is -2.11. The van der Waals surface area contributed by atoms with Gasteiger partial charge in [0.15, 0.2) is 0 Å². The van der Waals surface area contributed by atoms with Gasteiger partial charge in [-0.05, 0) is 30.7 Å². The molecule has 0 aliphatic carbocycles. The molecular weight excluding hydrogens is 239 g/mol. The van der Waals surface area contributed by atoms with E-state index in [9.17, 15) is 14.0 Å². The standard InChI is InChI=1S/C12H15FN2O3/c1-15(8-2-3-11(16)17)12(18)14-10-6-4-9(13)5-7-10/h4-7H,2-3,8H2,1H3,(H,14,18)(H,16,17). The van der Waals surface area contributed by atoms with Crippen LogP contribution < -0.4 is 5.32 Å². The smallest absolute Gasteiger partial charge is 0.321 e. The fraction of sp³-hybridized carbons (Fsp3) is 0.333. The minimum atomic E-state index is -0.887. The lowest BCUT2D eigenvalue weighted by atomic mass is 10.3. The average Bonchev–Trinajstić information content (AvgIpc) is 2.31. The van der Waals surface area contributed by atoms with Crippen molar-refractivity contribution < 1.29 is 19.1 Å². The van der Waals surface area contributed by atoms with Crippen molar-refractivity contribution in [2.24, 2.45) is 0 Å². The molecule has 0 saturated heterocycles. The van der Waals surface area contributed by atoms with Crippen molar-refractivity contribution in [2.75, 3.05) is 18.9 Å². The van der Waals surface area contributed by atoms with E-state index < -0.39 is 5.97 Å². The molecule has 0 aliphatic heterocycles. The number of aliphatic carboxylic acids is 1. The first-order valence-corrected chi connectivity index (χ1v) is 5.48. The van der Waals surface area contributed by atoms with Gasteiger partial charge in [-0.1, -0.05) is 0 Å². The van der Waals surface area contributed by atoms with E-state index in [2.05, 4.69) is 5.32 Å². The van der Waals surface area contributed by atoms with Crippen LogP contribution in [0.4, 0.5) is 14.9 Å². The van der Waals surface area contributed by atoms with Crippen molar-refractivity contribution in [1.82, 2.24) is 4.90 Å². The van der Waals surface area contributed by atoms with Crippen molar-refractivity contribution in [1.29, 1.82) is 0 Å². The number of rotatable bonds is 5. The van der Waals surface area contributed by atoms with Crippen LogP contribution >= 0.6 is 0 Å². The summed E-state index contributed by atoms with van der Waals surface area (Å²) >= 11 is 0. The number of nitrogens with one attached hydrogen (secondary N) is 1. The molecule has 0 aliphatic rings. The number of halogens is 1. The number of anilines is 1. The Morgan fingerprint density at radius 3 is 2.50 bits per heavy atom. The third-order valence-corrected chi connectivity index (χ3v) is 2.33. The van der Waals surface area contributed by atoms with E-state index in [1.165, 1.54) is 29.2 Å². The van der Waals surface area contributed by atoms with Gasteiger partial charge in [0.2, 0.25) is 0 Å². The summed E-state index contributed by atoms with van der Waals surface area (Å²) in [6, 6.07) is 5.06. The zero-order chi connectivity index (χ0) is 13.5. The minimum absolute atomic E-state index is 0.0220. The van der Waals surface area contributed by atoms with Gasteiger partial charge < -0.3 is 15.3 Å². The maximum atomic E-state index is 12.6. The van der Waals surface area contributed by atoms with Crippen LogP contribution in [0, 0.1) is 5.82 Å². The van der Waals surface area contributed by atoms with Crippen molar-refractivity contribution in [3.63, 3.8) is 0 Å². The monoisotopic (exact) mass is 254 g/mol. The summed E-state index contributed by atoms with van der Waals surface area (Å²) in [7, 11) is 1.57. The van der Waals surface area contributed by atoms with E-state index in [4.69, 9.17) is 5.11 Å². The lowest BCUT2D eigenvalue weighted by Crippen LogP contribution is -2.32. The molecule has 1 aromatic rings. The van der Waals surface area contributed by atoms with E-state index in [1.807, 2.05) is 0 Å². The van der Waals surface area contributed by atoms with Crippen LogP contribution in [0.15, 0.2) is 24.3 Å². The SMILES string of the molecule is CN(CCCC(=O)O)C(=O)Nc1ccc(F)cc1. The van der Waals surface area contributed by atoms with Gasteiger partial charge >= 0.3 is 12.0 Å². The number of urea groups is 1. The number of hydrogen-bond donors (Lipinski definition) is 2. The number of nitrogens with zero attached hydrogens (tertiary/aromatic N) is 1. The molecule has 0 radical (unpaired) electrons. The van der Waals surface area contributed by atoms with Crippen LogP contribution in [0.3, 0.4) is 0 Å². The summed E-state index contributed by atoms with van der Waals surface area (Å²) in [5, 5.41) is 11.1. The molecule has 0 heterocycles. The number of carboxylic acids is 1. The van der Waals surface area contributed by atoms with Crippen molar-refractivity contribution in [2.45, 2.75) is 12.8 Å². The van der Waals surface area contributed by atoms with Gasteiger partial charge in [-0.2, -0.15) is 0 Å². The molecule has 0 spiro atoms. The van der Waals surface area contributed by atoms with Crippen molar-refractivity contribution >= 4 is 17.7 Å². The molecule has 1 aromatic carbocycles. The zero-order valence-corrected chi connectivity index (χ0v) is 10.0. The lowest BCUT2D eigenvalue weighted by molar-refractivity contribution is -0.137. The normalized spacial score (nSPS) is 9.89. The Labute approximate surface area is 104 Å². The molecule has 0 bridgehead atoms. The fourth-order valence-electron chi connectivity index (χ4n) is 1.32. The van der Waals surface area contributed by atoms with Gasteiger partial charge in [0.25, 0.3) is 0 Å². The van der Waals surface area contributed by atoms with Crippen LogP contribution in [-0.4, -0.2) is 35.6 Å². The number of carboxylic acid groups (broad SMARTS) is 1. The molecule has 5 nitrogen and oxygen atoms in total. The maximum Gasteiger partial charge on any atom is 0.321 e. The number of hydrogen-bond acceptors (Lipinski definition) is 2. The van der Waals surface area contributed by atoms with Gasteiger partial charge in [0.1, 0.15) is 5.82 Å². The summed E-state index contributed by atoms with van der Waals surface area (Å²) in [6.45, 7) is 0.347. The summed E-state index contributed by atoms with van der Waals surface area (Å²) in [5.41, 5.74) is 0.492. The van der Waals surface area contributed by atoms with E-state index in [-0.39, 0.29) is 18.3 Å². The first-order valence-electron chi connectivity index (χ1n) is 5.48. The average molecular weight is 254 g/mol. The van der Waals surface area contributed by atoms with E-state index in [0.29, 0.717) is 18.7 Å². The minimum Gasteiger partial charge on any atom is -0.481 e. The summed E-state index contributed by atoms with van der Waals surface area (Å²) < 4.78 is 12.6. The fourth-order valence-corrected chi connectivity index (χ4v) is 1.32. The molecule has 0 fully saturated rings. The van der Waals surface area contributed by atoms with Crippen molar-refractivity contribution in [3.8, 4) is 0 Å². The molecule has 1 rings (SSSR count). The maximum absolute atomic E-state index is 12.6. The van der Waals surface area contributed by atoms with Crippen LogP contribution in [0.2, 0.25) is 0 Å². The van der Waals surface area contributed by atoms with E-state index in [1.54, 1.807) is 7.05 Å². The van der Waals surface area contributed by atoms with Crippen LogP contribution in [-0.2, 0) is 4.79 Å². The number of carbonyl (C=O) groups excluding carboxylic acids is 1. The summed E-state index contributed by atoms with van der Waals surface area (Å²) in [6.07, 6.45) is 0.414. The highest BCUT2D eigenvalue weighted by atomic mass is 19.1. The molecule has 6 heteroatoms. The molecule has 0 aromatic heterocycles. The van der Waals surface area contributed by atoms with Gasteiger partial charge in [-0.15, -0.1) is 0 Å². The van der Waals surface area contributed by atoms with Gasteiger partial charge in [-0.25, -0.2) is 9.18 Å². The molecule has 18 heavy (non-hydrogen) atoms. The largest absolute Gasteiger partial charge is 0.481 e. The second-order valence-corrected chi connectivity index (χ2v) is 3.86. The number of carbonyl (C=O) groups is 2. The van der Waals surface area contributed by atoms with E-state index >= 15 is 0 Å². The summed E-state index contributed by atoms with van der Waals surface area (Å²) in [4.78, 5) is 23.3. The highest BCUT2D eigenvalue weighted by molar-refractivity contribution is 5.89. The number of amides is 2. The summed E-state index contributed by atoms with van der Waals surface area (Å²) in [5.74, 6) is -1.26. The Morgan fingerprint density at radius 2 is 1.94 bits per heavy atom. The second kappa shape index (κ2) is 6.58. The lowest BCUT2D eigenvalue weighted by Gasteiger charge is -2.17. The molecular formula is C12H15FN2O3. The third-order valence-electron chi connectivity index (χ3n) is 2.33. The molecule has 0 atom stereocenters. The predicted molar refractivity (Wildman–Crippen MR) is 64.9 cm³/mol. The molecule has 0 saturated carbocycles.